The Labute approximate surface area is 430 Å². The van der Waals surface area contributed by atoms with Crippen LogP contribution in [0.3, 0.4) is 0 Å². The largest absolute Gasteiger partial charge is 0.496 e. The van der Waals surface area contributed by atoms with Crippen LogP contribution in [0, 0.1) is 30.6 Å². The van der Waals surface area contributed by atoms with E-state index in [0.717, 1.165) is 41.9 Å². The van der Waals surface area contributed by atoms with E-state index in [2.05, 4.69) is 23.7 Å². The van der Waals surface area contributed by atoms with Crippen molar-refractivity contribution >= 4 is 72.5 Å². The molecule has 0 saturated carbocycles. The molecule has 370 valence electrons. The number of carbonyl (C=O) groups is 3. The number of benzene rings is 6. The number of sulfone groups is 2. The van der Waals surface area contributed by atoms with Gasteiger partial charge < -0.3 is 20.1 Å². The second kappa shape index (κ2) is 29.0. The van der Waals surface area contributed by atoms with Crippen LogP contribution in [0.4, 0.5) is 0 Å². The van der Waals surface area contributed by atoms with Crippen molar-refractivity contribution in [3.8, 4) is 29.4 Å². The van der Waals surface area contributed by atoms with Crippen LogP contribution in [0.5, 0.6) is 5.75 Å². The van der Waals surface area contributed by atoms with Crippen molar-refractivity contribution in [1.82, 2.24) is 0 Å². The first kappa shape index (κ1) is 57.1. The molecule has 3 unspecified atom stereocenters. The quantitative estimate of drug-likeness (QED) is 0.0420. The maximum Gasteiger partial charge on any atom is 0.323 e. The highest BCUT2D eigenvalue weighted by Crippen LogP contribution is 2.29. The van der Waals surface area contributed by atoms with Crippen molar-refractivity contribution in [2.75, 3.05) is 7.11 Å². The molecule has 0 spiro atoms. The number of carboxylic acid groups (broad SMARTS) is 3. The van der Waals surface area contributed by atoms with E-state index in [4.69, 9.17) is 27.9 Å². The molecule has 0 fully saturated rings. The highest BCUT2D eigenvalue weighted by molar-refractivity contribution is 8.00. The standard InChI is InChI=1S/C21H25ClO3S.C17H13ClO4S.C17H14O4S/c1-15-8-11-18(12-9-15)26-20(21(23)24)7-5-3-4-6-16-14-17(22)10-13-19(16)25-2;18-14-9-11-15(12-10-14)23(21,22)16(17(19)20)8-4-7-13-5-2-1-3-6-13;18-17(19)16(13-7-10-14-8-3-1-4-9-14)22(20,21)15-11-5-2-6-12-15/h8-14,20H,3-7H2,1-2H3,(H,23,24);1-3,5-6,9-12,16H,8H2,(H,19,20);1-6,8-9,11-12,16H,13H2,(H,18,19). The molecular weight excluding hydrogens is 1000 g/mol. The highest BCUT2D eigenvalue weighted by atomic mass is 35.5. The van der Waals surface area contributed by atoms with Crippen molar-refractivity contribution in [2.45, 2.75) is 82.3 Å². The summed E-state index contributed by atoms with van der Waals surface area (Å²) in [7, 11) is -6.33. The number of hydrogen-bond acceptors (Lipinski definition) is 9. The molecule has 0 bridgehead atoms. The number of halogens is 2. The molecule has 11 nitrogen and oxygen atoms in total. The van der Waals surface area contributed by atoms with Crippen LogP contribution < -0.4 is 4.74 Å². The van der Waals surface area contributed by atoms with Crippen molar-refractivity contribution in [1.29, 1.82) is 0 Å². The summed E-state index contributed by atoms with van der Waals surface area (Å²) in [6.45, 7) is 2.03. The van der Waals surface area contributed by atoms with Gasteiger partial charge in [-0.05, 0) is 123 Å². The predicted octanol–water partition coefficient (Wildman–Crippen LogP) is 11.4. The molecule has 71 heavy (non-hydrogen) atoms. The van der Waals surface area contributed by atoms with Crippen LogP contribution >= 0.6 is 35.0 Å². The van der Waals surface area contributed by atoms with E-state index in [1.54, 1.807) is 73.8 Å². The third-order valence-electron chi connectivity index (χ3n) is 10.3. The van der Waals surface area contributed by atoms with E-state index < -0.39 is 53.3 Å². The van der Waals surface area contributed by atoms with Gasteiger partial charge >= 0.3 is 17.9 Å². The Bertz CT molecular complexity index is 3020. The fourth-order valence-electron chi connectivity index (χ4n) is 6.54. The fourth-order valence-corrected chi connectivity index (χ4v) is 10.7. The Kier molecular flexibility index (Phi) is 23.3. The lowest BCUT2D eigenvalue weighted by Crippen LogP contribution is -2.29. The van der Waals surface area contributed by atoms with Crippen LogP contribution in [0.1, 0.15) is 60.8 Å². The minimum absolute atomic E-state index is 0.0103. The van der Waals surface area contributed by atoms with Crippen molar-refractivity contribution < 1.29 is 51.3 Å². The summed E-state index contributed by atoms with van der Waals surface area (Å²) in [5.41, 5.74) is 3.69. The third kappa shape index (κ3) is 19.0. The normalized spacial score (nSPS) is 12.0. The number of unbranched alkanes of at least 4 members (excludes halogenated alkanes) is 2. The molecule has 3 N–H and O–H groups in total. The molecule has 0 aliphatic heterocycles. The minimum Gasteiger partial charge on any atom is -0.496 e. The number of carboxylic acids is 3. The maximum absolute atomic E-state index is 12.4. The van der Waals surface area contributed by atoms with Gasteiger partial charge in [0.05, 0.1) is 16.9 Å². The van der Waals surface area contributed by atoms with E-state index in [0.29, 0.717) is 27.6 Å². The van der Waals surface area contributed by atoms with Gasteiger partial charge in [0.15, 0.2) is 30.2 Å². The molecule has 6 aromatic rings. The molecule has 0 amide bonds. The summed E-state index contributed by atoms with van der Waals surface area (Å²) in [4.78, 5) is 35.1. The molecule has 6 aromatic carbocycles. The van der Waals surface area contributed by atoms with Crippen LogP contribution in [0.25, 0.3) is 0 Å². The van der Waals surface area contributed by atoms with E-state index >= 15 is 0 Å². The first-order valence-electron chi connectivity index (χ1n) is 22.0. The van der Waals surface area contributed by atoms with Crippen LogP contribution in [-0.4, -0.2) is 72.9 Å². The summed E-state index contributed by atoms with van der Waals surface area (Å²) in [5.74, 6) is 8.11. The number of aliphatic carboxylic acids is 3. The molecule has 0 aliphatic carbocycles. The second-order valence-electron chi connectivity index (χ2n) is 15.6. The SMILES string of the molecule is COc1ccc(Cl)cc1CCCCCC(Sc1ccc(C)cc1)C(=O)O.O=C(O)C(CC#Cc1ccccc1)S(=O)(=O)c1ccc(Cl)cc1.O=C(O)C(CC#Cc1ccccc1)S(=O)(=O)c1ccccc1. The summed E-state index contributed by atoms with van der Waals surface area (Å²) in [6, 6.07) is 44.5. The lowest BCUT2D eigenvalue weighted by molar-refractivity contribution is -0.137. The minimum atomic E-state index is -4.03. The van der Waals surface area contributed by atoms with Gasteiger partial charge in [0.1, 0.15) is 11.0 Å². The van der Waals surface area contributed by atoms with Crippen molar-refractivity contribution in [3.63, 3.8) is 0 Å². The van der Waals surface area contributed by atoms with Crippen LogP contribution in [0.15, 0.2) is 172 Å². The van der Waals surface area contributed by atoms with Gasteiger partial charge in [0, 0.05) is 38.9 Å². The predicted molar refractivity (Wildman–Crippen MR) is 280 cm³/mol. The Hall–Kier alpha value is -6.52. The zero-order valence-electron chi connectivity index (χ0n) is 38.8. The monoisotopic (exact) mass is 1050 g/mol. The van der Waals surface area contributed by atoms with Gasteiger partial charge in [-0.3, -0.25) is 14.4 Å². The topological polar surface area (TPSA) is 189 Å². The molecule has 0 radical (unpaired) electrons. The van der Waals surface area contributed by atoms with E-state index in [-0.39, 0.29) is 22.6 Å². The van der Waals surface area contributed by atoms with Gasteiger partial charge in [-0.2, -0.15) is 0 Å². The lowest BCUT2D eigenvalue weighted by Gasteiger charge is -2.12. The fraction of sp³-hybridized carbons (Fsp3) is 0.218. The number of methoxy groups -OCH3 is 1. The summed E-state index contributed by atoms with van der Waals surface area (Å²) in [6.07, 6.45) is 3.84. The Morgan fingerprint density at radius 3 is 1.51 bits per heavy atom. The Morgan fingerprint density at radius 2 is 1.04 bits per heavy atom. The molecular formula is C55H52Cl2O11S3. The smallest absolute Gasteiger partial charge is 0.323 e. The first-order chi connectivity index (χ1) is 33.9. The van der Waals surface area contributed by atoms with Gasteiger partial charge in [-0.15, -0.1) is 11.8 Å². The zero-order chi connectivity index (χ0) is 51.8. The maximum atomic E-state index is 12.4. The molecule has 0 saturated heterocycles. The average molecular weight is 1060 g/mol. The van der Waals surface area contributed by atoms with E-state index in [1.807, 2.05) is 61.5 Å². The number of aryl methyl sites for hydroxylation is 2. The highest BCUT2D eigenvalue weighted by Gasteiger charge is 2.34. The summed E-state index contributed by atoms with van der Waals surface area (Å²) >= 11 is 13.2. The van der Waals surface area contributed by atoms with Gasteiger partial charge in [-0.25, -0.2) is 16.8 Å². The van der Waals surface area contributed by atoms with Gasteiger partial charge in [-0.1, -0.05) is 132 Å². The van der Waals surface area contributed by atoms with Crippen molar-refractivity contribution in [2.24, 2.45) is 0 Å². The van der Waals surface area contributed by atoms with E-state index in [1.165, 1.54) is 53.7 Å². The molecule has 16 heteroatoms. The van der Waals surface area contributed by atoms with Crippen LogP contribution in [0.2, 0.25) is 10.0 Å². The van der Waals surface area contributed by atoms with Gasteiger partial charge in [0.25, 0.3) is 0 Å². The number of thioether (sulfide) groups is 1. The lowest BCUT2D eigenvalue weighted by atomic mass is 10.0. The molecule has 3 atom stereocenters. The molecule has 0 aromatic heterocycles. The Morgan fingerprint density at radius 1 is 0.577 bits per heavy atom. The molecule has 0 heterocycles. The van der Waals surface area contributed by atoms with Crippen LogP contribution in [-0.2, 0) is 40.5 Å². The number of rotatable bonds is 18. The second-order valence-corrected chi connectivity index (χ2v) is 22.0. The summed E-state index contributed by atoms with van der Waals surface area (Å²) < 4.78 is 55.0. The number of ether oxygens (including phenoxy) is 1. The first-order valence-corrected chi connectivity index (χ1v) is 26.8. The zero-order valence-corrected chi connectivity index (χ0v) is 42.7. The van der Waals surface area contributed by atoms with Gasteiger partial charge in [0.2, 0.25) is 0 Å². The number of hydrogen-bond donors (Lipinski definition) is 3. The van der Waals surface area contributed by atoms with Crippen molar-refractivity contribution in [3.05, 3.63) is 190 Å². The Balaban J connectivity index is 0.000000232. The molecule has 0 aliphatic rings. The summed E-state index contributed by atoms with van der Waals surface area (Å²) in [5, 5.41) is 25.4. The average Bonchev–Trinajstić information content (AvgIpc) is 3.35. The van der Waals surface area contributed by atoms with E-state index in [9.17, 15) is 46.5 Å². The molecule has 6 rings (SSSR count). The third-order valence-corrected chi connectivity index (χ3v) is 16.2.